The van der Waals surface area contributed by atoms with Gasteiger partial charge in [0.25, 0.3) is 10.0 Å². The summed E-state index contributed by atoms with van der Waals surface area (Å²) in [5.41, 5.74) is 1.63. The molecule has 0 spiro atoms. The molecule has 5 heteroatoms. The molecule has 1 aliphatic rings. The first kappa shape index (κ1) is 15.6. The number of hydrogen-bond donors (Lipinski definition) is 1. The average Bonchev–Trinajstić information content (AvgIpc) is 2.54. The van der Waals surface area contributed by atoms with Gasteiger partial charge in [0, 0.05) is 36.3 Å². The van der Waals surface area contributed by atoms with Gasteiger partial charge in [-0.15, -0.1) is 0 Å². The molecular formula is C18H20N2O2S. The molecule has 4 nitrogen and oxygen atoms in total. The molecule has 0 aromatic heterocycles. The monoisotopic (exact) mass is 328 g/mol. The van der Waals surface area contributed by atoms with Crippen molar-refractivity contribution >= 4 is 26.5 Å². The Bertz CT molecular complexity index is 896. The molecule has 1 N–H and O–H groups in total. The maximum atomic E-state index is 12.8. The van der Waals surface area contributed by atoms with Crippen molar-refractivity contribution in [1.29, 1.82) is 0 Å². The second kappa shape index (κ2) is 6.08. The molecule has 2 aromatic rings. The van der Waals surface area contributed by atoms with Crippen LogP contribution < -0.4 is 9.62 Å². The van der Waals surface area contributed by atoms with Gasteiger partial charge in [-0.2, -0.15) is 0 Å². The predicted octanol–water partition coefficient (Wildman–Crippen LogP) is 3.42. The number of sulfonamides is 1. The summed E-state index contributed by atoms with van der Waals surface area (Å²) < 4.78 is 28.3. The molecule has 0 fully saturated rings. The highest BCUT2D eigenvalue weighted by molar-refractivity contribution is 7.89. The van der Waals surface area contributed by atoms with Gasteiger partial charge < -0.3 is 4.90 Å². The highest BCUT2D eigenvalue weighted by Crippen LogP contribution is 2.30. The Kier molecular flexibility index (Phi) is 4.13. The van der Waals surface area contributed by atoms with E-state index in [1.165, 1.54) is 0 Å². The van der Waals surface area contributed by atoms with Crippen LogP contribution in [-0.4, -0.2) is 22.5 Å². The molecule has 0 radical (unpaired) electrons. The van der Waals surface area contributed by atoms with Crippen LogP contribution in [0.3, 0.4) is 0 Å². The van der Waals surface area contributed by atoms with Crippen LogP contribution >= 0.6 is 0 Å². The third-order valence-corrected chi connectivity index (χ3v) is 5.32. The third-order valence-electron chi connectivity index (χ3n) is 3.88. The summed E-state index contributed by atoms with van der Waals surface area (Å²) in [5.74, 6) is 0. The molecule has 0 bridgehead atoms. The lowest BCUT2D eigenvalue weighted by Crippen LogP contribution is -2.23. The normalized spacial score (nSPS) is 14.6. The van der Waals surface area contributed by atoms with Gasteiger partial charge in [0.05, 0.1) is 4.90 Å². The Morgan fingerprint density at radius 3 is 2.43 bits per heavy atom. The van der Waals surface area contributed by atoms with E-state index >= 15 is 0 Å². The van der Waals surface area contributed by atoms with E-state index in [-0.39, 0.29) is 0 Å². The number of nitrogens with zero attached hydrogens (tertiary/aromatic N) is 1. The van der Waals surface area contributed by atoms with E-state index in [2.05, 4.69) is 4.72 Å². The van der Waals surface area contributed by atoms with Crippen LogP contribution in [0.15, 0.2) is 65.2 Å². The molecule has 1 aliphatic carbocycles. The van der Waals surface area contributed by atoms with Gasteiger partial charge in [-0.1, -0.05) is 36.4 Å². The van der Waals surface area contributed by atoms with Gasteiger partial charge in [0.1, 0.15) is 0 Å². The largest absolute Gasteiger partial charge is 0.377 e. The molecule has 0 amide bonds. The predicted molar refractivity (Wildman–Crippen MR) is 95.1 cm³/mol. The number of allylic oxidation sites excluding steroid dienone is 3. The summed E-state index contributed by atoms with van der Waals surface area (Å²) in [6.07, 6.45) is 7.51. The minimum absolute atomic E-state index is 0.304. The van der Waals surface area contributed by atoms with Crippen LogP contribution in [0.4, 0.5) is 5.69 Å². The van der Waals surface area contributed by atoms with E-state index in [1.54, 1.807) is 12.1 Å². The molecule has 0 saturated heterocycles. The molecule has 120 valence electrons. The number of hydrogen-bond acceptors (Lipinski definition) is 3. The third kappa shape index (κ3) is 3.10. The second-order valence-corrected chi connectivity index (χ2v) is 7.42. The zero-order valence-corrected chi connectivity index (χ0v) is 14.1. The van der Waals surface area contributed by atoms with Crippen LogP contribution in [0.1, 0.15) is 12.8 Å². The fourth-order valence-electron chi connectivity index (χ4n) is 2.79. The Morgan fingerprint density at radius 2 is 1.74 bits per heavy atom. The number of fused-ring (bicyclic) bond motifs is 1. The molecular weight excluding hydrogens is 308 g/mol. The molecule has 2 aromatic carbocycles. The molecule has 3 rings (SSSR count). The minimum Gasteiger partial charge on any atom is -0.377 e. The number of anilines is 1. The lowest BCUT2D eigenvalue weighted by molar-refractivity contribution is 0.590. The van der Waals surface area contributed by atoms with Crippen molar-refractivity contribution < 1.29 is 8.42 Å². The fraction of sp³-hybridized carbons (Fsp3) is 0.222. The van der Waals surface area contributed by atoms with Crippen molar-refractivity contribution in [2.45, 2.75) is 17.7 Å². The van der Waals surface area contributed by atoms with Crippen LogP contribution in [0.5, 0.6) is 0 Å². The molecule has 0 unspecified atom stereocenters. The van der Waals surface area contributed by atoms with Crippen molar-refractivity contribution in [3.05, 3.63) is 60.3 Å². The van der Waals surface area contributed by atoms with Gasteiger partial charge in [0.2, 0.25) is 0 Å². The van der Waals surface area contributed by atoms with Crippen LogP contribution in [0.2, 0.25) is 0 Å². The van der Waals surface area contributed by atoms with Crippen molar-refractivity contribution in [2.24, 2.45) is 0 Å². The zero-order valence-electron chi connectivity index (χ0n) is 13.3. The first-order valence-corrected chi connectivity index (χ1v) is 9.06. The minimum atomic E-state index is -3.62. The molecule has 0 aliphatic heterocycles. The summed E-state index contributed by atoms with van der Waals surface area (Å²) in [4.78, 5) is 2.29. The van der Waals surface area contributed by atoms with Gasteiger partial charge in [0.15, 0.2) is 0 Å². The van der Waals surface area contributed by atoms with Gasteiger partial charge in [-0.05, 0) is 31.1 Å². The Morgan fingerprint density at radius 1 is 1.00 bits per heavy atom. The van der Waals surface area contributed by atoms with Crippen LogP contribution in [0.25, 0.3) is 10.8 Å². The fourth-order valence-corrected chi connectivity index (χ4v) is 4.08. The van der Waals surface area contributed by atoms with E-state index in [0.29, 0.717) is 10.6 Å². The topological polar surface area (TPSA) is 49.4 Å². The van der Waals surface area contributed by atoms with E-state index in [9.17, 15) is 8.42 Å². The maximum Gasteiger partial charge on any atom is 0.262 e. The SMILES string of the molecule is CN(C)c1cccc2c(S(=O)(=O)NC3=CCCC=C3)cccc12. The van der Waals surface area contributed by atoms with Crippen molar-refractivity contribution in [3.63, 3.8) is 0 Å². The Hall–Kier alpha value is -2.27. The standard InChI is InChI=1S/C18H20N2O2S/c1-20(2)17-12-6-11-16-15(17)10-7-13-18(16)23(21,22)19-14-8-4-3-5-9-14/h4,6-13,19H,3,5H2,1-2H3. The average molecular weight is 328 g/mol. The van der Waals surface area contributed by atoms with Gasteiger partial charge in [-0.25, -0.2) is 8.42 Å². The summed E-state index contributed by atoms with van der Waals surface area (Å²) in [6.45, 7) is 0. The first-order chi connectivity index (χ1) is 11.0. The van der Waals surface area contributed by atoms with Crippen LogP contribution in [0, 0.1) is 0 Å². The summed E-state index contributed by atoms with van der Waals surface area (Å²) in [6, 6.07) is 11.1. The summed E-state index contributed by atoms with van der Waals surface area (Å²) in [5, 5.41) is 1.65. The first-order valence-electron chi connectivity index (χ1n) is 7.57. The lowest BCUT2D eigenvalue weighted by atomic mass is 10.1. The van der Waals surface area contributed by atoms with Crippen LogP contribution in [-0.2, 0) is 10.0 Å². The van der Waals surface area contributed by atoms with E-state index in [1.807, 2.05) is 61.5 Å². The highest BCUT2D eigenvalue weighted by atomic mass is 32.2. The summed E-state index contributed by atoms with van der Waals surface area (Å²) in [7, 11) is 0.283. The summed E-state index contributed by atoms with van der Waals surface area (Å²) >= 11 is 0. The molecule has 0 heterocycles. The van der Waals surface area contributed by atoms with Gasteiger partial charge in [-0.3, -0.25) is 4.72 Å². The highest BCUT2D eigenvalue weighted by Gasteiger charge is 2.19. The van der Waals surface area contributed by atoms with E-state index in [4.69, 9.17) is 0 Å². The number of benzene rings is 2. The quantitative estimate of drug-likeness (QED) is 0.935. The number of nitrogens with one attached hydrogen (secondary N) is 1. The smallest absolute Gasteiger partial charge is 0.262 e. The molecule has 0 atom stereocenters. The molecule has 0 saturated carbocycles. The zero-order chi connectivity index (χ0) is 16.4. The van der Waals surface area contributed by atoms with Gasteiger partial charge >= 0.3 is 0 Å². The number of rotatable bonds is 4. The van der Waals surface area contributed by atoms with Crippen molar-refractivity contribution in [2.75, 3.05) is 19.0 Å². The maximum absolute atomic E-state index is 12.8. The van der Waals surface area contributed by atoms with Crippen molar-refractivity contribution in [1.82, 2.24) is 4.72 Å². The lowest BCUT2D eigenvalue weighted by Gasteiger charge is -2.17. The second-order valence-electron chi connectivity index (χ2n) is 5.77. The molecule has 23 heavy (non-hydrogen) atoms. The van der Waals surface area contributed by atoms with E-state index < -0.39 is 10.0 Å². The Labute approximate surface area is 137 Å². The van der Waals surface area contributed by atoms with Crippen molar-refractivity contribution in [3.8, 4) is 0 Å². The Balaban J connectivity index is 2.10. The van der Waals surface area contributed by atoms with E-state index in [0.717, 1.165) is 29.3 Å².